The lowest BCUT2D eigenvalue weighted by Gasteiger charge is -2.22. The first kappa shape index (κ1) is 19.2. The van der Waals surface area contributed by atoms with Gasteiger partial charge >= 0.3 is 11.9 Å². The molecule has 1 aromatic heterocycles. The molecule has 1 saturated heterocycles. The molecule has 1 unspecified atom stereocenters. The molecule has 25 heavy (non-hydrogen) atoms. The average molecular weight is 374 g/mol. The van der Waals surface area contributed by atoms with E-state index in [9.17, 15) is 24.6 Å². The highest BCUT2D eigenvalue weighted by Gasteiger charge is 2.46. The number of hydrogen-bond donors (Lipinski definition) is 3. The van der Waals surface area contributed by atoms with Gasteiger partial charge in [-0.15, -0.1) is 0 Å². The molecule has 1 aromatic rings. The summed E-state index contributed by atoms with van der Waals surface area (Å²) in [6, 6.07) is 0. The van der Waals surface area contributed by atoms with Gasteiger partial charge in [-0.05, 0) is 12.2 Å². The van der Waals surface area contributed by atoms with Crippen LogP contribution in [0.5, 0.6) is 0 Å². The molecule has 0 aromatic carbocycles. The van der Waals surface area contributed by atoms with Crippen LogP contribution in [0.4, 0.5) is 0 Å². The predicted molar refractivity (Wildman–Crippen MR) is 84.2 cm³/mol. The van der Waals surface area contributed by atoms with Gasteiger partial charge in [-0.2, -0.15) is 0 Å². The molecule has 0 aliphatic carbocycles. The molecule has 3 N–H and O–H groups in total. The first-order valence-corrected chi connectivity index (χ1v) is 7.72. The molecular formula is C14H18N2O8S. The maximum absolute atomic E-state index is 11.9. The Morgan fingerprint density at radius 1 is 1.48 bits per heavy atom. The second-order valence-corrected chi connectivity index (χ2v) is 5.77. The van der Waals surface area contributed by atoms with Gasteiger partial charge in [0.1, 0.15) is 12.2 Å². The van der Waals surface area contributed by atoms with Crippen molar-refractivity contribution in [1.82, 2.24) is 9.55 Å². The topological polar surface area (TPSA) is 140 Å². The molecule has 4 atom stereocenters. The van der Waals surface area contributed by atoms with E-state index in [-0.39, 0.29) is 16.8 Å². The second kappa shape index (κ2) is 7.87. The summed E-state index contributed by atoms with van der Waals surface area (Å²) < 4.78 is 16.3. The van der Waals surface area contributed by atoms with Crippen LogP contribution in [-0.2, 0) is 30.2 Å². The number of nitrogens with one attached hydrogen (secondary N) is 1. The number of esters is 2. The summed E-state index contributed by atoms with van der Waals surface area (Å²) in [7, 11) is 1.19. The van der Waals surface area contributed by atoms with Gasteiger partial charge in [0.25, 0.3) is 5.56 Å². The van der Waals surface area contributed by atoms with Crippen LogP contribution in [-0.4, -0.2) is 63.7 Å². The van der Waals surface area contributed by atoms with Gasteiger partial charge in [-0.3, -0.25) is 23.9 Å². The monoisotopic (exact) mass is 374 g/mol. The largest absolute Gasteiger partial charge is 0.469 e. The Balaban J connectivity index is 2.45. The maximum atomic E-state index is 11.9. The summed E-state index contributed by atoms with van der Waals surface area (Å²) in [6.45, 7) is 0.645. The van der Waals surface area contributed by atoms with Crippen LogP contribution in [0.3, 0.4) is 0 Å². The molecule has 2 rings (SSSR count). The van der Waals surface area contributed by atoms with Crippen LogP contribution in [0.25, 0.3) is 0 Å². The van der Waals surface area contributed by atoms with Gasteiger partial charge in [-0.1, -0.05) is 0 Å². The fraction of sp³-hybridized carbons (Fsp3) is 0.571. The zero-order chi connectivity index (χ0) is 18.7. The highest BCUT2D eigenvalue weighted by Crippen LogP contribution is 2.31. The van der Waals surface area contributed by atoms with Crippen molar-refractivity contribution in [2.75, 3.05) is 13.7 Å². The van der Waals surface area contributed by atoms with Crippen LogP contribution in [0.2, 0.25) is 0 Å². The van der Waals surface area contributed by atoms with Crippen LogP contribution in [0, 0.1) is 4.77 Å². The number of carbonyl (C=O) groups is 2. The standard InChI is InChI=1S/C14H18N2O8S/c1-6(18)23-11-10(20)8(5-17)24-13(11)16-4-7(3-9(19)22-2)12(21)15-14(16)25/h4,8,10-11,13,17,20H,3,5H2,1-2H3,(H,15,21,25)/t8-,10?,11+,13-/m1/s1. The minimum absolute atomic E-state index is 0.0487. The summed E-state index contributed by atoms with van der Waals surface area (Å²) in [5, 5.41) is 19.5. The Labute approximate surface area is 146 Å². The number of hydrogen-bond acceptors (Lipinski definition) is 9. The fourth-order valence-electron chi connectivity index (χ4n) is 2.48. The third-order valence-corrected chi connectivity index (χ3v) is 3.99. The van der Waals surface area contributed by atoms with E-state index in [1.165, 1.54) is 17.9 Å². The SMILES string of the molecule is COC(=O)Cc1cn([C@@H]2O[C@H](CO)C(O)[C@@H]2OC(C)=O)c(=S)[nH]c1=O. The quantitative estimate of drug-likeness (QED) is 0.428. The first-order chi connectivity index (χ1) is 11.8. The van der Waals surface area contributed by atoms with Crippen LogP contribution >= 0.6 is 12.2 Å². The van der Waals surface area contributed by atoms with Gasteiger partial charge in [0.2, 0.25) is 0 Å². The van der Waals surface area contributed by atoms with E-state index in [1.807, 2.05) is 0 Å². The average Bonchev–Trinajstić information content (AvgIpc) is 2.85. The van der Waals surface area contributed by atoms with Crippen LogP contribution in [0.1, 0.15) is 18.7 Å². The van der Waals surface area contributed by atoms with Crippen molar-refractivity contribution < 1.29 is 34.0 Å². The number of aromatic nitrogens is 2. The number of methoxy groups -OCH3 is 1. The highest BCUT2D eigenvalue weighted by molar-refractivity contribution is 7.71. The molecule has 1 fully saturated rings. The van der Waals surface area contributed by atoms with Crippen molar-refractivity contribution >= 4 is 24.2 Å². The van der Waals surface area contributed by atoms with Crippen molar-refractivity contribution in [3.8, 4) is 0 Å². The molecule has 0 amide bonds. The molecule has 1 aliphatic heterocycles. The summed E-state index contributed by atoms with van der Waals surface area (Å²) in [5.41, 5.74) is -0.527. The third kappa shape index (κ3) is 4.12. The Kier molecular flexibility index (Phi) is 6.06. The molecule has 2 heterocycles. The van der Waals surface area contributed by atoms with E-state index in [0.717, 1.165) is 6.92 Å². The lowest BCUT2D eigenvalue weighted by Crippen LogP contribution is -2.37. The number of aliphatic hydroxyl groups excluding tert-OH is 2. The molecular weight excluding hydrogens is 356 g/mol. The summed E-state index contributed by atoms with van der Waals surface area (Å²) in [5.74, 6) is -1.30. The fourth-order valence-corrected chi connectivity index (χ4v) is 2.73. The molecule has 138 valence electrons. The summed E-state index contributed by atoms with van der Waals surface area (Å²) in [6.07, 6.45) is -3.58. The number of carbonyl (C=O) groups excluding carboxylic acids is 2. The van der Waals surface area contributed by atoms with Gasteiger partial charge in [0.05, 0.1) is 20.1 Å². The van der Waals surface area contributed by atoms with E-state index in [4.69, 9.17) is 21.7 Å². The summed E-state index contributed by atoms with van der Waals surface area (Å²) in [4.78, 5) is 37.1. The molecule has 0 saturated carbocycles. The lowest BCUT2D eigenvalue weighted by atomic mass is 10.1. The minimum Gasteiger partial charge on any atom is -0.469 e. The Morgan fingerprint density at radius 2 is 2.16 bits per heavy atom. The van der Waals surface area contributed by atoms with E-state index in [2.05, 4.69) is 9.72 Å². The van der Waals surface area contributed by atoms with Crippen LogP contribution in [0.15, 0.2) is 11.0 Å². The normalized spacial score (nSPS) is 25.6. The molecule has 0 spiro atoms. The predicted octanol–water partition coefficient (Wildman–Crippen LogP) is -1.20. The number of aliphatic hydroxyl groups is 2. The van der Waals surface area contributed by atoms with Crippen LogP contribution < -0.4 is 5.56 Å². The molecule has 0 bridgehead atoms. The van der Waals surface area contributed by atoms with Crippen molar-refractivity contribution in [1.29, 1.82) is 0 Å². The molecule has 0 radical (unpaired) electrons. The molecule has 11 heteroatoms. The van der Waals surface area contributed by atoms with Gasteiger partial charge in [0.15, 0.2) is 17.1 Å². The van der Waals surface area contributed by atoms with Gasteiger partial charge < -0.3 is 24.4 Å². The molecule has 1 aliphatic rings. The van der Waals surface area contributed by atoms with Gasteiger partial charge in [-0.25, -0.2) is 0 Å². The van der Waals surface area contributed by atoms with Crippen molar-refractivity contribution in [2.24, 2.45) is 0 Å². The van der Waals surface area contributed by atoms with E-state index >= 15 is 0 Å². The smallest absolute Gasteiger partial charge is 0.310 e. The maximum Gasteiger partial charge on any atom is 0.310 e. The zero-order valence-electron chi connectivity index (χ0n) is 13.5. The van der Waals surface area contributed by atoms with Crippen molar-refractivity contribution in [3.63, 3.8) is 0 Å². The van der Waals surface area contributed by atoms with E-state index < -0.39 is 48.6 Å². The lowest BCUT2D eigenvalue weighted by molar-refractivity contribution is -0.156. The second-order valence-electron chi connectivity index (χ2n) is 5.39. The Bertz CT molecular complexity index is 773. The zero-order valence-corrected chi connectivity index (χ0v) is 14.3. The van der Waals surface area contributed by atoms with Crippen molar-refractivity contribution in [2.45, 2.75) is 37.9 Å². The van der Waals surface area contributed by atoms with Gasteiger partial charge in [0, 0.05) is 18.7 Å². The third-order valence-electron chi connectivity index (χ3n) is 3.67. The van der Waals surface area contributed by atoms with E-state index in [1.54, 1.807) is 0 Å². The number of nitrogens with zero attached hydrogens (tertiary/aromatic N) is 1. The van der Waals surface area contributed by atoms with Crippen molar-refractivity contribution in [3.05, 3.63) is 26.9 Å². The Hall–Kier alpha value is -2.08. The van der Waals surface area contributed by atoms with E-state index in [0.29, 0.717) is 0 Å². The minimum atomic E-state index is -1.29. The number of rotatable bonds is 5. The number of H-pyrrole nitrogens is 1. The molecule has 10 nitrogen and oxygen atoms in total. The highest BCUT2D eigenvalue weighted by atomic mass is 32.1. The number of aromatic amines is 1. The number of ether oxygens (including phenoxy) is 3. The summed E-state index contributed by atoms with van der Waals surface area (Å²) >= 11 is 5.08. The Morgan fingerprint density at radius 3 is 2.72 bits per heavy atom. The first-order valence-electron chi connectivity index (χ1n) is 7.31.